The molecule has 4 saturated heterocycles. The van der Waals surface area contributed by atoms with Gasteiger partial charge in [0.15, 0.2) is 0 Å². The molecule has 0 aromatic heterocycles. The minimum Gasteiger partial charge on any atom is -0.351 e. The van der Waals surface area contributed by atoms with Crippen LogP contribution in [0.15, 0.2) is 0 Å². The van der Waals surface area contributed by atoms with Crippen LogP contribution >= 0.6 is 0 Å². The van der Waals surface area contributed by atoms with Crippen LogP contribution < -0.4 is 10.6 Å². The Labute approximate surface area is 145 Å². The van der Waals surface area contributed by atoms with Crippen LogP contribution in [0.5, 0.6) is 0 Å². The van der Waals surface area contributed by atoms with Gasteiger partial charge in [0.05, 0.1) is 6.04 Å². The molecule has 1 unspecified atom stereocenters. The van der Waals surface area contributed by atoms with E-state index < -0.39 is 28.5 Å². The Morgan fingerprint density at radius 1 is 1.20 bits per heavy atom. The number of hydrogen-bond acceptors (Lipinski definition) is 6. The number of rotatable bonds is 4. The molecule has 25 heavy (non-hydrogen) atoms. The molecule has 11 heteroatoms. The fraction of sp³-hybridized carbons (Fsp3) is 0.857. The van der Waals surface area contributed by atoms with Crippen molar-refractivity contribution in [1.82, 2.24) is 20.6 Å². The average Bonchev–Trinajstić information content (AvgIpc) is 2.98. The summed E-state index contributed by atoms with van der Waals surface area (Å²) < 4.78 is 35.0. The largest absolute Gasteiger partial charge is 0.418 e. The van der Waals surface area contributed by atoms with E-state index >= 15 is 0 Å². The van der Waals surface area contributed by atoms with Gasteiger partial charge < -0.3 is 15.5 Å². The van der Waals surface area contributed by atoms with Crippen molar-refractivity contribution < 1.29 is 26.8 Å². The van der Waals surface area contributed by atoms with E-state index in [1.807, 2.05) is 0 Å². The molecule has 0 aromatic rings. The minimum atomic E-state index is -4.77. The first-order valence-electron chi connectivity index (χ1n) is 8.63. The SMILES string of the molecule is O=C(NC1C[C@H]2CC[C@@H](C1)N2)[C@@H]1CC[C@@H]2CN1C(=O)N2OS(=O)(=O)O. The Morgan fingerprint density at radius 3 is 2.52 bits per heavy atom. The number of nitrogens with one attached hydrogen (secondary N) is 2. The van der Waals surface area contributed by atoms with E-state index in [0.717, 1.165) is 25.7 Å². The summed E-state index contributed by atoms with van der Waals surface area (Å²) in [5.74, 6) is -0.202. The predicted octanol–water partition coefficient (Wildman–Crippen LogP) is -0.611. The fourth-order valence-electron chi connectivity index (χ4n) is 4.58. The molecule has 4 rings (SSSR count). The van der Waals surface area contributed by atoms with Crippen molar-refractivity contribution in [3.63, 3.8) is 0 Å². The number of carbonyl (C=O) groups excluding carboxylic acids is 2. The molecular weight excluding hydrogens is 352 g/mol. The van der Waals surface area contributed by atoms with E-state index in [4.69, 9.17) is 4.55 Å². The van der Waals surface area contributed by atoms with Crippen LogP contribution in [-0.4, -0.2) is 71.6 Å². The van der Waals surface area contributed by atoms with Gasteiger partial charge in [0, 0.05) is 24.7 Å². The number of urea groups is 1. The third kappa shape index (κ3) is 3.33. The van der Waals surface area contributed by atoms with Crippen LogP contribution in [0.4, 0.5) is 4.79 Å². The zero-order chi connectivity index (χ0) is 17.8. The standard InChI is InChI=1S/C14H22N4O6S/c19-13(16-10-5-8-1-2-9(6-10)15-8)12-4-3-11-7-17(12)14(20)18(11)24-25(21,22)23/h8-12,15H,1-7H2,(H,16,19)(H,21,22,23)/t8-,9+,10?,11-,12+/m1/s1. The van der Waals surface area contributed by atoms with Crippen molar-refractivity contribution >= 4 is 22.3 Å². The van der Waals surface area contributed by atoms with Crippen molar-refractivity contribution in [2.24, 2.45) is 0 Å². The van der Waals surface area contributed by atoms with Crippen molar-refractivity contribution in [2.45, 2.75) is 68.7 Å². The van der Waals surface area contributed by atoms with E-state index in [-0.39, 0.29) is 18.5 Å². The van der Waals surface area contributed by atoms with Crippen LogP contribution in [0.1, 0.15) is 38.5 Å². The zero-order valence-corrected chi connectivity index (χ0v) is 14.4. The third-order valence-electron chi connectivity index (χ3n) is 5.62. The normalized spacial score (nSPS) is 37.5. The second-order valence-corrected chi connectivity index (χ2v) is 8.33. The van der Waals surface area contributed by atoms with Gasteiger partial charge in [-0.05, 0) is 38.5 Å². The molecule has 4 fully saturated rings. The molecule has 0 saturated carbocycles. The van der Waals surface area contributed by atoms with Gasteiger partial charge in [-0.2, -0.15) is 13.5 Å². The maximum Gasteiger partial charge on any atom is 0.418 e. The van der Waals surface area contributed by atoms with Gasteiger partial charge >= 0.3 is 16.4 Å². The topological polar surface area (TPSA) is 128 Å². The highest BCUT2D eigenvalue weighted by Gasteiger charge is 2.49. The predicted molar refractivity (Wildman–Crippen MR) is 84.5 cm³/mol. The zero-order valence-electron chi connectivity index (χ0n) is 13.6. The quantitative estimate of drug-likeness (QED) is 0.560. The van der Waals surface area contributed by atoms with Crippen LogP contribution in [0.25, 0.3) is 0 Å². The lowest BCUT2D eigenvalue weighted by Gasteiger charge is -2.34. The summed E-state index contributed by atoms with van der Waals surface area (Å²) in [7, 11) is -4.77. The van der Waals surface area contributed by atoms with Crippen molar-refractivity contribution in [3.8, 4) is 0 Å². The molecular formula is C14H22N4O6S. The summed E-state index contributed by atoms with van der Waals surface area (Å²) >= 11 is 0. The van der Waals surface area contributed by atoms with Gasteiger partial charge in [-0.1, -0.05) is 0 Å². The first kappa shape index (κ1) is 17.0. The summed E-state index contributed by atoms with van der Waals surface area (Å²) in [6.45, 7) is 0.212. The Balaban J connectivity index is 1.40. The molecule has 4 aliphatic heterocycles. The smallest absolute Gasteiger partial charge is 0.351 e. The number of piperidine rings is 2. The first-order valence-corrected chi connectivity index (χ1v) is 10.00. The lowest BCUT2D eigenvalue weighted by Crippen LogP contribution is -2.55. The van der Waals surface area contributed by atoms with Gasteiger partial charge in [0.25, 0.3) is 0 Å². The molecule has 10 nitrogen and oxygen atoms in total. The second kappa shape index (κ2) is 6.08. The van der Waals surface area contributed by atoms with E-state index in [2.05, 4.69) is 14.9 Å². The van der Waals surface area contributed by atoms with Crippen LogP contribution in [0, 0.1) is 0 Å². The fourth-order valence-corrected chi connectivity index (χ4v) is 4.97. The number of hydroxylamine groups is 2. The third-order valence-corrected chi connectivity index (χ3v) is 5.97. The lowest BCUT2D eigenvalue weighted by molar-refractivity contribution is -0.127. The minimum absolute atomic E-state index is 0.104. The number of carbonyl (C=O) groups is 2. The summed E-state index contributed by atoms with van der Waals surface area (Å²) in [6, 6.07) is -0.810. The van der Waals surface area contributed by atoms with Gasteiger partial charge in [0.2, 0.25) is 5.91 Å². The van der Waals surface area contributed by atoms with Gasteiger partial charge in [-0.25, -0.2) is 4.79 Å². The number of nitrogens with zero attached hydrogens (tertiary/aromatic N) is 2. The van der Waals surface area contributed by atoms with Crippen LogP contribution in [0.3, 0.4) is 0 Å². The summed E-state index contributed by atoms with van der Waals surface area (Å²) in [5.41, 5.74) is 0. The van der Waals surface area contributed by atoms with Crippen molar-refractivity contribution in [2.75, 3.05) is 6.54 Å². The Hall–Kier alpha value is -1.43. The highest BCUT2D eigenvalue weighted by Crippen LogP contribution is 2.31. The lowest BCUT2D eigenvalue weighted by atomic mass is 9.97. The summed E-state index contributed by atoms with van der Waals surface area (Å²) in [6.07, 6.45) is 4.93. The van der Waals surface area contributed by atoms with Crippen molar-refractivity contribution in [1.29, 1.82) is 0 Å². The Morgan fingerprint density at radius 2 is 1.88 bits per heavy atom. The molecule has 3 amide bonds. The van der Waals surface area contributed by atoms with Gasteiger partial charge in [0.1, 0.15) is 6.04 Å². The van der Waals surface area contributed by atoms with Crippen LogP contribution in [-0.2, 0) is 19.5 Å². The summed E-state index contributed by atoms with van der Waals surface area (Å²) in [5, 5.41) is 7.23. The average molecular weight is 374 g/mol. The van der Waals surface area contributed by atoms with E-state index in [1.165, 1.54) is 4.90 Å². The molecule has 4 bridgehead atoms. The number of amides is 3. The highest BCUT2D eigenvalue weighted by atomic mass is 32.3. The maximum atomic E-state index is 12.7. The first-order chi connectivity index (χ1) is 11.8. The molecule has 4 heterocycles. The molecule has 0 radical (unpaired) electrons. The van der Waals surface area contributed by atoms with Gasteiger partial charge in [-0.3, -0.25) is 9.35 Å². The molecule has 0 aliphatic carbocycles. The number of hydrogen-bond donors (Lipinski definition) is 3. The van der Waals surface area contributed by atoms with E-state index in [1.54, 1.807) is 0 Å². The van der Waals surface area contributed by atoms with E-state index in [0.29, 0.717) is 30.0 Å². The van der Waals surface area contributed by atoms with Crippen LogP contribution in [0.2, 0.25) is 0 Å². The summed E-state index contributed by atoms with van der Waals surface area (Å²) in [4.78, 5) is 26.3. The molecule has 0 aromatic carbocycles. The molecule has 3 N–H and O–H groups in total. The second-order valence-electron chi connectivity index (χ2n) is 7.32. The Kier molecular flexibility index (Phi) is 4.13. The molecule has 140 valence electrons. The highest BCUT2D eigenvalue weighted by molar-refractivity contribution is 7.80. The molecule has 5 atom stereocenters. The molecule has 4 aliphatic rings. The Bertz CT molecular complexity index is 673. The van der Waals surface area contributed by atoms with Gasteiger partial charge in [-0.15, -0.1) is 4.28 Å². The molecule has 0 spiro atoms. The maximum absolute atomic E-state index is 12.7. The monoisotopic (exact) mass is 374 g/mol. The van der Waals surface area contributed by atoms with Crippen molar-refractivity contribution in [3.05, 3.63) is 0 Å². The van der Waals surface area contributed by atoms with E-state index in [9.17, 15) is 18.0 Å². The number of fused-ring (bicyclic) bond motifs is 4.